The summed E-state index contributed by atoms with van der Waals surface area (Å²) in [6, 6.07) is 5.32. The fraction of sp³-hybridized carbons (Fsp3) is 0.500. The van der Waals surface area contributed by atoms with E-state index in [1.807, 2.05) is 6.07 Å². The van der Waals surface area contributed by atoms with Gasteiger partial charge >= 0.3 is 5.97 Å². The first-order valence-corrected chi connectivity index (χ1v) is 6.36. The monoisotopic (exact) mass is 250 g/mol. The van der Waals surface area contributed by atoms with Crippen molar-refractivity contribution in [2.75, 3.05) is 30.8 Å². The number of esters is 1. The Morgan fingerprint density at radius 2 is 2.11 bits per heavy atom. The van der Waals surface area contributed by atoms with E-state index in [0.29, 0.717) is 11.3 Å². The van der Waals surface area contributed by atoms with Crippen LogP contribution in [0.5, 0.6) is 0 Å². The van der Waals surface area contributed by atoms with Gasteiger partial charge in [0.1, 0.15) is 0 Å². The number of carbonyl (C=O) groups excluding carboxylic acids is 1. The van der Waals surface area contributed by atoms with Crippen molar-refractivity contribution in [2.45, 2.75) is 26.7 Å². The molecule has 0 heterocycles. The van der Waals surface area contributed by atoms with Gasteiger partial charge < -0.3 is 15.4 Å². The van der Waals surface area contributed by atoms with Gasteiger partial charge in [0, 0.05) is 13.1 Å². The lowest BCUT2D eigenvalue weighted by molar-refractivity contribution is 0.0601. The molecule has 2 N–H and O–H groups in total. The molecule has 18 heavy (non-hydrogen) atoms. The van der Waals surface area contributed by atoms with Crippen molar-refractivity contribution in [3.8, 4) is 0 Å². The minimum absolute atomic E-state index is 0.357. The molecule has 0 fully saturated rings. The number of benzene rings is 1. The van der Waals surface area contributed by atoms with E-state index >= 15 is 0 Å². The number of unbranched alkanes of at least 4 members (excludes halogenated alkanes) is 1. The number of anilines is 2. The van der Waals surface area contributed by atoms with E-state index in [-0.39, 0.29) is 5.97 Å². The first-order valence-electron chi connectivity index (χ1n) is 6.36. The number of methoxy groups -OCH3 is 1. The number of nitrogens with zero attached hydrogens (tertiary/aromatic N) is 1. The third kappa shape index (κ3) is 3.39. The maximum absolute atomic E-state index is 11.4. The van der Waals surface area contributed by atoms with E-state index in [9.17, 15) is 4.79 Å². The van der Waals surface area contributed by atoms with Crippen molar-refractivity contribution in [2.24, 2.45) is 0 Å². The van der Waals surface area contributed by atoms with Gasteiger partial charge in [0.05, 0.1) is 24.0 Å². The Hall–Kier alpha value is -1.71. The molecule has 4 nitrogen and oxygen atoms in total. The molecule has 0 aliphatic rings. The van der Waals surface area contributed by atoms with Crippen LogP contribution in [-0.2, 0) is 4.74 Å². The summed E-state index contributed by atoms with van der Waals surface area (Å²) in [4.78, 5) is 13.6. The summed E-state index contributed by atoms with van der Waals surface area (Å²) in [5.41, 5.74) is 8.11. The first kappa shape index (κ1) is 14.4. The van der Waals surface area contributed by atoms with Crippen molar-refractivity contribution >= 4 is 17.3 Å². The van der Waals surface area contributed by atoms with Crippen molar-refractivity contribution in [1.29, 1.82) is 0 Å². The van der Waals surface area contributed by atoms with Gasteiger partial charge in [-0.2, -0.15) is 0 Å². The molecule has 0 saturated heterocycles. The third-order valence-electron chi connectivity index (χ3n) is 2.95. The smallest absolute Gasteiger partial charge is 0.337 e. The van der Waals surface area contributed by atoms with Crippen molar-refractivity contribution in [3.63, 3.8) is 0 Å². The molecule has 0 aromatic heterocycles. The molecule has 1 aromatic carbocycles. The zero-order valence-corrected chi connectivity index (χ0v) is 11.4. The van der Waals surface area contributed by atoms with E-state index in [4.69, 9.17) is 5.73 Å². The van der Waals surface area contributed by atoms with Crippen LogP contribution in [0.3, 0.4) is 0 Å². The molecular formula is C14H22N2O2. The zero-order chi connectivity index (χ0) is 13.5. The third-order valence-corrected chi connectivity index (χ3v) is 2.95. The van der Waals surface area contributed by atoms with Crippen LogP contribution >= 0.6 is 0 Å². The average Bonchev–Trinajstić information content (AvgIpc) is 2.40. The Bertz CT molecular complexity index is 405. The lowest BCUT2D eigenvalue weighted by Gasteiger charge is -2.24. The fourth-order valence-electron chi connectivity index (χ4n) is 1.89. The second-order valence-electron chi connectivity index (χ2n) is 4.20. The molecule has 1 aromatic rings. The van der Waals surface area contributed by atoms with Crippen molar-refractivity contribution in [3.05, 3.63) is 23.8 Å². The Morgan fingerprint density at radius 1 is 1.39 bits per heavy atom. The predicted octanol–water partition coefficient (Wildman–Crippen LogP) is 2.68. The summed E-state index contributed by atoms with van der Waals surface area (Å²) in [7, 11) is 1.37. The highest BCUT2D eigenvalue weighted by molar-refractivity contribution is 5.91. The van der Waals surface area contributed by atoms with Crippen LogP contribution < -0.4 is 10.6 Å². The zero-order valence-electron chi connectivity index (χ0n) is 11.4. The van der Waals surface area contributed by atoms with Gasteiger partial charge in [0.15, 0.2) is 0 Å². The average molecular weight is 250 g/mol. The SMILES string of the molecule is CCCCN(CC)c1ccc(C(=O)OC)cc1N. The van der Waals surface area contributed by atoms with Gasteiger partial charge in [-0.1, -0.05) is 13.3 Å². The van der Waals surface area contributed by atoms with E-state index in [2.05, 4.69) is 23.5 Å². The van der Waals surface area contributed by atoms with Gasteiger partial charge in [0.2, 0.25) is 0 Å². The summed E-state index contributed by atoms with van der Waals surface area (Å²) in [6.07, 6.45) is 2.28. The fourth-order valence-corrected chi connectivity index (χ4v) is 1.89. The van der Waals surface area contributed by atoms with E-state index in [0.717, 1.165) is 31.6 Å². The minimum atomic E-state index is -0.357. The molecule has 100 valence electrons. The molecule has 0 amide bonds. The van der Waals surface area contributed by atoms with Crippen LogP contribution in [0.15, 0.2) is 18.2 Å². The molecule has 0 saturated carbocycles. The van der Waals surface area contributed by atoms with Crippen LogP contribution in [0.4, 0.5) is 11.4 Å². The summed E-state index contributed by atoms with van der Waals surface area (Å²) in [5, 5.41) is 0. The molecule has 0 aliphatic carbocycles. The van der Waals surface area contributed by atoms with E-state index in [1.54, 1.807) is 12.1 Å². The highest BCUT2D eigenvalue weighted by Crippen LogP contribution is 2.25. The molecule has 0 radical (unpaired) electrons. The summed E-state index contributed by atoms with van der Waals surface area (Å²) >= 11 is 0. The first-order chi connectivity index (χ1) is 8.63. The van der Waals surface area contributed by atoms with Gasteiger partial charge in [-0.05, 0) is 31.5 Å². The Kier molecular flexibility index (Phi) is 5.49. The molecule has 4 heteroatoms. The minimum Gasteiger partial charge on any atom is -0.465 e. The van der Waals surface area contributed by atoms with Crippen LogP contribution in [0.25, 0.3) is 0 Å². The maximum Gasteiger partial charge on any atom is 0.337 e. The van der Waals surface area contributed by atoms with E-state index < -0.39 is 0 Å². The number of nitrogen functional groups attached to an aromatic ring is 1. The summed E-state index contributed by atoms with van der Waals surface area (Å²) < 4.78 is 4.67. The molecular weight excluding hydrogens is 228 g/mol. The van der Waals surface area contributed by atoms with Crippen LogP contribution in [0, 0.1) is 0 Å². The second kappa shape index (κ2) is 6.89. The van der Waals surface area contributed by atoms with Crippen LogP contribution in [0.1, 0.15) is 37.0 Å². The molecule has 0 aliphatic heterocycles. The largest absolute Gasteiger partial charge is 0.465 e. The summed E-state index contributed by atoms with van der Waals surface area (Å²) in [5.74, 6) is -0.357. The lowest BCUT2D eigenvalue weighted by atomic mass is 10.1. The number of nitrogens with two attached hydrogens (primary N) is 1. The second-order valence-corrected chi connectivity index (χ2v) is 4.20. The lowest BCUT2D eigenvalue weighted by Crippen LogP contribution is -2.24. The highest BCUT2D eigenvalue weighted by atomic mass is 16.5. The number of ether oxygens (including phenoxy) is 1. The van der Waals surface area contributed by atoms with Gasteiger partial charge in [0.25, 0.3) is 0 Å². The molecule has 0 spiro atoms. The Balaban J connectivity index is 2.92. The van der Waals surface area contributed by atoms with Gasteiger partial charge in [-0.25, -0.2) is 4.79 Å². The number of hydrogen-bond acceptors (Lipinski definition) is 4. The predicted molar refractivity (Wildman–Crippen MR) is 75.0 cm³/mol. The number of rotatable bonds is 6. The number of hydrogen-bond donors (Lipinski definition) is 1. The van der Waals surface area contributed by atoms with Crippen molar-refractivity contribution in [1.82, 2.24) is 0 Å². The maximum atomic E-state index is 11.4. The normalized spacial score (nSPS) is 10.2. The number of carbonyl (C=O) groups is 1. The Labute approximate surface area is 109 Å². The standard InChI is InChI=1S/C14H22N2O2/c1-4-6-9-16(5-2)13-8-7-11(10-12(13)15)14(17)18-3/h7-8,10H,4-6,9,15H2,1-3H3. The van der Waals surface area contributed by atoms with Crippen LogP contribution in [-0.4, -0.2) is 26.2 Å². The molecule has 1 rings (SSSR count). The van der Waals surface area contributed by atoms with E-state index in [1.165, 1.54) is 7.11 Å². The summed E-state index contributed by atoms with van der Waals surface area (Å²) in [6.45, 7) is 6.15. The quantitative estimate of drug-likeness (QED) is 0.623. The topological polar surface area (TPSA) is 55.6 Å². The van der Waals surface area contributed by atoms with Crippen LogP contribution in [0.2, 0.25) is 0 Å². The molecule has 0 atom stereocenters. The highest BCUT2D eigenvalue weighted by Gasteiger charge is 2.11. The van der Waals surface area contributed by atoms with Crippen molar-refractivity contribution < 1.29 is 9.53 Å². The van der Waals surface area contributed by atoms with Gasteiger partial charge in [-0.15, -0.1) is 0 Å². The Morgan fingerprint density at radius 3 is 2.61 bits per heavy atom. The molecule has 0 bridgehead atoms. The van der Waals surface area contributed by atoms with Gasteiger partial charge in [-0.3, -0.25) is 0 Å². The molecule has 0 unspecified atom stereocenters.